The molecule has 0 spiro atoms. The van der Waals surface area contributed by atoms with Crippen LogP contribution in [0.25, 0.3) is 0 Å². The van der Waals surface area contributed by atoms with E-state index in [1.807, 2.05) is 18.2 Å². The Balaban J connectivity index is 1.71. The molecular formula is C17H16F3NO2. The predicted octanol–water partition coefficient (Wildman–Crippen LogP) is 3.59. The lowest BCUT2D eigenvalue weighted by Gasteiger charge is -2.14. The van der Waals surface area contributed by atoms with Gasteiger partial charge in [-0.3, -0.25) is 0 Å². The Kier molecular flexibility index (Phi) is 4.17. The van der Waals surface area contributed by atoms with Crippen molar-refractivity contribution >= 4 is 0 Å². The Morgan fingerprint density at radius 1 is 1.04 bits per heavy atom. The fourth-order valence-corrected chi connectivity index (χ4v) is 2.73. The molecule has 1 aliphatic rings. The lowest BCUT2D eigenvalue weighted by Crippen LogP contribution is -2.18. The van der Waals surface area contributed by atoms with Gasteiger partial charge >= 0.3 is 6.36 Å². The van der Waals surface area contributed by atoms with Crippen molar-refractivity contribution in [2.24, 2.45) is 5.73 Å². The molecule has 3 nitrogen and oxygen atoms in total. The molecule has 0 saturated heterocycles. The van der Waals surface area contributed by atoms with E-state index >= 15 is 0 Å². The molecule has 2 aromatic carbocycles. The van der Waals surface area contributed by atoms with Crippen LogP contribution >= 0.6 is 0 Å². The molecular weight excluding hydrogens is 307 g/mol. The quantitative estimate of drug-likeness (QED) is 0.935. The van der Waals surface area contributed by atoms with Gasteiger partial charge in [-0.1, -0.05) is 24.3 Å². The van der Waals surface area contributed by atoms with Crippen molar-refractivity contribution in [1.29, 1.82) is 0 Å². The van der Waals surface area contributed by atoms with E-state index in [2.05, 4.69) is 4.74 Å². The van der Waals surface area contributed by atoms with Gasteiger partial charge in [0.2, 0.25) is 0 Å². The summed E-state index contributed by atoms with van der Waals surface area (Å²) in [5.74, 6) is 0.364. The number of rotatable bonds is 4. The molecule has 1 aliphatic carbocycles. The van der Waals surface area contributed by atoms with E-state index in [9.17, 15) is 13.2 Å². The van der Waals surface area contributed by atoms with Gasteiger partial charge in [-0.2, -0.15) is 0 Å². The van der Waals surface area contributed by atoms with Crippen LogP contribution < -0.4 is 15.2 Å². The molecule has 0 aromatic heterocycles. The molecule has 0 aliphatic heterocycles. The third-order valence-corrected chi connectivity index (χ3v) is 3.73. The zero-order chi connectivity index (χ0) is 16.4. The number of ether oxygens (including phenoxy) is 2. The van der Waals surface area contributed by atoms with Gasteiger partial charge in [0.15, 0.2) is 0 Å². The van der Waals surface area contributed by atoms with Gasteiger partial charge in [-0.05, 0) is 42.2 Å². The second kappa shape index (κ2) is 6.12. The molecule has 23 heavy (non-hydrogen) atoms. The van der Waals surface area contributed by atoms with Gasteiger partial charge in [0.1, 0.15) is 18.1 Å². The Hall–Kier alpha value is -2.21. The van der Waals surface area contributed by atoms with E-state index in [1.54, 1.807) is 12.1 Å². The summed E-state index contributed by atoms with van der Waals surface area (Å²) in [5.41, 5.74) is 8.58. The lowest BCUT2D eigenvalue weighted by atomic mass is 10.1. The zero-order valence-corrected chi connectivity index (χ0v) is 12.3. The molecule has 2 N–H and O–H groups in total. The van der Waals surface area contributed by atoms with Gasteiger partial charge in [0.05, 0.1) is 0 Å². The van der Waals surface area contributed by atoms with Crippen LogP contribution in [0.2, 0.25) is 0 Å². The van der Waals surface area contributed by atoms with Crippen LogP contribution in [0.15, 0.2) is 42.5 Å². The van der Waals surface area contributed by atoms with Gasteiger partial charge in [-0.15, -0.1) is 13.2 Å². The van der Waals surface area contributed by atoms with Crippen molar-refractivity contribution < 1.29 is 22.6 Å². The summed E-state index contributed by atoms with van der Waals surface area (Å²) < 4.78 is 46.8. The lowest BCUT2D eigenvalue weighted by molar-refractivity contribution is -0.275. The van der Waals surface area contributed by atoms with Crippen molar-refractivity contribution in [2.75, 3.05) is 0 Å². The van der Waals surface area contributed by atoms with E-state index in [1.165, 1.54) is 17.7 Å². The molecule has 0 unspecified atom stereocenters. The average Bonchev–Trinajstić information content (AvgIpc) is 2.84. The molecule has 2 aromatic rings. The number of benzene rings is 2. The molecule has 3 rings (SSSR count). The molecule has 0 radical (unpaired) electrons. The second-order valence-corrected chi connectivity index (χ2v) is 5.54. The number of hydrogen-bond acceptors (Lipinski definition) is 3. The van der Waals surface area contributed by atoms with Crippen molar-refractivity contribution in [3.63, 3.8) is 0 Å². The maximum atomic E-state index is 12.4. The highest BCUT2D eigenvalue weighted by molar-refractivity contribution is 5.40. The molecule has 6 heteroatoms. The number of halogens is 3. The summed E-state index contributed by atoms with van der Waals surface area (Å²) in [7, 11) is 0. The summed E-state index contributed by atoms with van der Waals surface area (Å²) in [5, 5.41) is 0. The fourth-order valence-electron chi connectivity index (χ4n) is 2.73. The number of fused-ring (bicyclic) bond motifs is 1. The van der Waals surface area contributed by atoms with Crippen molar-refractivity contribution in [1.82, 2.24) is 0 Å². The first kappa shape index (κ1) is 15.7. The van der Waals surface area contributed by atoms with Crippen LogP contribution in [0.3, 0.4) is 0 Å². The minimum atomic E-state index is -4.72. The van der Waals surface area contributed by atoms with E-state index in [0.717, 1.165) is 18.4 Å². The molecule has 0 heterocycles. The van der Waals surface area contributed by atoms with Crippen LogP contribution in [0, 0.1) is 0 Å². The summed E-state index contributed by atoms with van der Waals surface area (Å²) in [6.07, 6.45) is -3.09. The van der Waals surface area contributed by atoms with E-state index < -0.39 is 6.36 Å². The van der Waals surface area contributed by atoms with E-state index in [4.69, 9.17) is 10.5 Å². The Morgan fingerprint density at radius 3 is 2.57 bits per heavy atom. The highest BCUT2D eigenvalue weighted by atomic mass is 19.4. The molecule has 0 fully saturated rings. The standard InChI is InChI=1S/C17H16F3NO2/c18-17(19,20)23-16-4-2-1-3-12(16)10-22-15-6-5-11-7-14(21)8-13(11)9-15/h1-6,9,14H,7-8,10,21H2/t14-/m0/s1. The number of nitrogens with two attached hydrogens (primary N) is 1. The fraction of sp³-hybridized carbons (Fsp3) is 0.294. The SMILES string of the molecule is N[C@H]1Cc2ccc(OCc3ccccc3OC(F)(F)F)cc2C1. The first-order chi connectivity index (χ1) is 10.9. The third-order valence-electron chi connectivity index (χ3n) is 3.73. The Morgan fingerprint density at radius 2 is 1.78 bits per heavy atom. The van der Waals surface area contributed by atoms with E-state index in [0.29, 0.717) is 11.3 Å². The maximum absolute atomic E-state index is 12.4. The normalized spacial score (nSPS) is 17.0. The molecule has 0 bridgehead atoms. The highest BCUT2D eigenvalue weighted by Crippen LogP contribution is 2.29. The first-order valence-electron chi connectivity index (χ1n) is 7.24. The topological polar surface area (TPSA) is 44.5 Å². The largest absolute Gasteiger partial charge is 0.573 e. The summed E-state index contributed by atoms with van der Waals surface area (Å²) in [4.78, 5) is 0. The third kappa shape index (κ3) is 3.96. The first-order valence-corrected chi connectivity index (χ1v) is 7.24. The van der Waals surface area contributed by atoms with Gasteiger partial charge in [-0.25, -0.2) is 0 Å². The summed E-state index contributed by atoms with van der Waals surface area (Å²) in [6.45, 7) is -0.00288. The van der Waals surface area contributed by atoms with Crippen LogP contribution in [0.1, 0.15) is 16.7 Å². The monoisotopic (exact) mass is 323 g/mol. The highest BCUT2D eigenvalue weighted by Gasteiger charge is 2.32. The summed E-state index contributed by atoms with van der Waals surface area (Å²) >= 11 is 0. The van der Waals surface area contributed by atoms with Crippen LogP contribution in [0.4, 0.5) is 13.2 Å². The van der Waals surface area contributed by atoms with Crippen molar-refractivity contribution in [2.45, 2.75) is 31.9 Å². The Labute approximate surface area is 131 Å². The second-order valence-electron chi connectivity index (χ2n) is 5.54. The molecule has 0 amide bonds. The molecule has 0 saturated carbocycles. The molecule has 122 valence electrons. The zero-order valence-electron chi connectivity index (χ0n) is 12.3. The van der Waals surface area contributed by atoms with Gasteiger partial charge < -0.3 is 15.2 Å². The minimum absolute atomic E-state index is 0.00288. The average molecular weight is 323 g/mol. The van der Waals surface area contributed by atoms with Crippen LogP contribution in [0.5, 0.6) is 11.5 Å². The molecule has 1 atom stereocenters. The smallest absolute Gasteiger partial charge is 0.489 e. The number of para-hydroxylation sites is 1. The minimum Gasteiger partial charge on any atom is -0.489 e. The number of alkyl halides is 3. The van der Waals surface area contributed by atoms with Crippen molar-refractivity contribution in [3.8, 4) is 11.5 Å². The van der Waals surface area contributed by atoms with E-state index in [-0.39, 0.29) is 18.4 Å². The van der Waals surface area contributed by atoms with Crippen LogP contribution in [-0.2, 0) is 19.4 Å². The van der Waals surface area contributed by atoms with Gasteiger partial charge in [0, 0.05) is 11.6 Å². The van der Waals surface area contributed by atoms with Crippen LogP contribution in [-0.4, -0.2) is 12.4 Å². The number of hydrogen-bond donors (Lipinski definition) is 1. The summed E-state index contributed by atoms with van der Waals surface area (Å²) in [6, 6.07) is 11.7. The maximum Gasteiger partial charge on any atom is 0.573 e. The predicted molar refractivity (Wildman–Crippen MR) is 79.3 cm³/mol. The van der Waals surface area contributed by atoms with Crippen molar-refractivity contribution in [3.05, 3.63) is 59.2 Å². The Bertz CT molecular complexity index is 700. The van der Waals surface area contributed by atoms with Gasteiger partial charge in [0.25, 0.3) is 0 Å².